The lowest BCUT2D eigenvalue weighted by molar-refractivity contribution is -0.137. The maximum atomic E-state index is 12.1. The van der Waals surface area contributed by atoms with Crippen molar-refractivity contribution < 1.29 is 9.59 Å². The highest BCUT2D eigenvalue weighted by atomic mass is 32.1. The van der Waals surface area contributed by atoms with Crippen LogP contribution < -0.4 is 10.9 Å². The summed E-state index contributed by atoms with van der Waals surface area (Å²) in [4.78, 5) is 25.7. The Morgan fingerprint density at radius 2 is 1.23 bits per heavy atom. The van der Waals surface area contributed by atoms with Crippen LogP contribution in [-0.4, -0.2) is 45.9 Å². The van der Waals surface area contributed by atoms with Gasteiger partial charge in [-0.2, -0.15) is 0 Å². The molecule has 0 unspecified atom stereocenters. The molecule has 2 saturated carbocycles. The van der Waals surface area contributed by atoms with Gasteiger partial charge in [0.1, 0.15) is 5.92 Å². The Morgan fingerprint density at radius 3 is 1.50 bits per heavy atom. The fourth-order valence-electron chi connectivity index (χ4n) is 1.96. The molecule has 2 fully saturated rings. The smallest absolute Gasteiger partial charge is 0.250 e. The second-order valence-electron chi connectivity index (χ2n) is 6.02. The minimum atomic E-state index is -0.825. The van der Waals surface area contributed by atoms with E-state index in [1.165, 1.54) is 10.0 Å². The molecule has 0 radical (unpaired) electrons. The minimum Gasteiger partial charge on any atom is -0.282 e. The number of nitrogens with one attached hydrogen (secondary N) is 2. The molecule has 2 aliphatic rings. The van der Waals surface area contributed by atoms with Gasteiger partial charge in [-0.3, -0.25) is 30.5 Å². The highest BCUT2D eigenvalue weighted by Gasteiger charge is 2.32. The highest BCUT2D eigenvalue weighted by Crippen LogP contribution is 2.31. The van der Waals surface area contributed by atoms with E-state index in [2.05, 4.69) is 10.9 Å². The molecule has 2 aliphatic carbocycles. The standard InChI is InChI=1S/C14H22N4O2S2/c1-8(11(19)15-17(2)13(21)9-4-5-9)12(20)16-18(3)14(22)10-6-7-10/h8-10H,4-7H2,1-3H3,(H,15,19)(H,16,20). The van der Waals surface area contributed by atoms with Crippen molar-refractivity contribution in [1.82, 2.24) is 20.9 Å². The van der Waals surface area contributed by atoms with Gasteiger partial charge >= 0.3 is 0 Å². The van der Waals surface area contributed by atoms with Crippen LogP contribution in [0.1, 0.15) is 32.6 Å². The topological polar surface area (TPSA) is 64.7 Å². The molecule has 0 aromatic heterocycles. The molecule has 8 heteroatoms. The van der Waals surface area contributed by atoms with Crippen LogP contribution >= 0.6 is 24.4 Å². The lowest BCUT2D eigenvalue weighted by Gasteiger charge is -2.25. The molecule has 0 heterocycles. The summed E-state index contributed by atoms with van der Waals surface area (Å²) in [7, 11) is 3.41. The summed E-state index contributed by atoms with van der Waals surface area (Å²) in [5.74, 6) is -0.825. The van der Waals surface area contributed by atoms with Gasteiger partial charge in [0.25, 0.3) is 11.8 Å². The largest absolute Gasteiger partial charge is 0.282 e. The third kappa shape index (κ3) is 4.36. The van der Waals surface area contributed by atoms with Crippen LogP contribution in [0.4, 0.5) is 0 Å². The quantitative estimate of drug-likeness (QED) is 0.452. The van der Waals surface area contributed by atoms with Gasteiger partial charge in [-0.1, -0.05) is 24.4 Å². The Balaban J connectivity index is 1.79. The Bertz CT molecular complexity index is 459. The molecule has 122 valence electrons. The van der Waals surface area contributed by atoms with Crippen molar-refractivity contribution in [2.45, 2.75) is 32.6 Å². The lowest BCUT2D eigenvalue weighted by atomic mass is 10.1. The van der Waals surface area contributed by atoms with Crippen LogP contribution in [0, 0.1) is 17.8 Å². The van der Waals surface area contributed by atoms with Crippen LogP contribution in [0.5, 0.6) is 0 Å². The Morgan fingerprint density at radius 1 is 0.909 bits per heavy atom. The fourth-order valence-corrected chi connectivity index (χ4v) is 2.52. The van der Waals surface area contributed by atoms with Crippen LogP contribution in [0.3, 0.4) is 0 Å². The molecule has 0 aromatic carbocycles. The minimum absolute atomic E-state index is 0.381. The van der Waals surface area contributed by atoms with E-state index < -0.39 is 5.92 Å². The molecule has 2 N–H and O–H groups in total. The van der Waals surface area contributed by atoms with Crippen molar-refractivity contribution in [3.63, 3.8) is 0 Å². The number of nitrogens with zero attached hydrogens (tertiary/aromatic N) is 2. The van der Waals surface area contributed by atoms with Gasteiger partial charge in [-0.25, -0.2) is 0 Å². The molecule has 0 aliphatic heterocycles. The zero-order chi connectivity index (χ0) is 16.4. The average molecular weight is 342 g/mol. The normalized spacial score (nSPS) is 16.9. The monoisotopic (exact) mass is 342 g/mol. The van der Waals surface area contributed by atoms with Crippen molar-refractivity contribution in [2.24, 2.45) is 17.8 Å². The number of amides is 2. The first-order chi connectivity index (χ1) is 10.3. The molecule has 2 amide bonds. The van der Waals surface area contributed by atoms with E-state index in [1.54, 1.807) is 21.0 Å². The third-order valence-electron chi connectivity index (χ3n) is 3.86. The van der Waals surface area contributed by atoms with E-state index >= 15 is 0 Å². The van der Waals surface area contributed by atoms with Crippen LogP contribution in [0.2, 0.25) is 0 Å². The van der Waals surface area contributed by atoms with Crippen molar-refractivity contribution >= 4 is 46.2 Å². The van der Waals surface area contributed by atoms with Crippen molar-refractivity contribution in [3.05, 3.63) is 0 Å². The molecule has 6 nitrogen and oxygen atoms in total. The lowest BCUT2D eigenvalue weighted by Crippen LogP contribution is -2.51. The molecule has 0 saturated heterocycles. The van der Waals surface area contributed by atoms with Gasteiger partial charge in [0.15, 0.2) is 0 Å². The van der Waals surface area contributed by atoms with Gasteiger partial charge in [0.2, 0.25) is 0 Å². The Kier molecular flexibility index (Phi) is 5.33. The maximum Gasteiger partial charge on any atom is 0.250 e. The third-order valence-corrected chi connectivity index (χ3v) is 5.07. The van der Waals surface area contributed by atoms with E-state index in [4.69, 9.17) is 24.4 Å². The molecular formula is C14H22N4O2S2. The summed E-state index contributed by atoms with van der Waals surface area (Å²) in [5.41, 5.74) is 5.32. The molecule has 2 rings (SSSR count). The van der Waals surface area contributed by atoms with Crippen LogP contribution in [0.15, 0.2) is 0 Å². The van der Waals surface area contributed by atoms with E-state index in [0.717, 1.165) is 25.7 Å². The summed E-state index contributed by atoms with van der Waals surface area (Å²) >= 11 is 10.5. The van der Waals surface area contributed by atoms with Gasteiger partial charge in [-0.15, -0.1) is 0 Å². The predicted molar refractivity (Wildman–Crippen MR) is 91.6 cm³/mol. The van der Waals surface area contributed by atoms with Gasteiger partial charge in [0.05, 0.1) is 9.98 Å². The number of hydrazine groups is 2. The number of thiocarbonyl (C=S) groups is 2. The summed E-state index contributed by atoms with van der Waals surface area (Å²) in [5, 5.41) is 3.08. The first kappa shape index (κ1) is 17.1. The van der Waals surface area contributed by atoms with Crippen LogP contribution in [0.25, 0.3) is 0 Å². The van der Waals surface area contributed by atoms with Crippen LogP contribution in [-0.2, 0) is 9.59 Å². The van der Waals surface area contributed by atoms with E-state index in [9.17, 15) is 9.59 Å². The summed E-state index contributed by atoms with van der Waals surface area (Å²) in [6, 6.07) is 0. The first-order valence-electron chi connectivity index (χ1n) is 7.47. The van der Waals surface area contributed by atoms with Crippen molar-refractivity contribution in [2.75, 3.05) is 14.1 Å². The first-order valence-corrected chi connectivity index (χ1v) is 8.29. The predicted octanol–water partition coefficient (Wildman–Crippen LogP) is 1.02. The van der Waals surface area contributed by atoms with E-state index in [-0.39, 0.29) is 11.8 Å². The molecule has 22 heavy (non-hydrogen) atoms. The number of hydrogen-bond donors (Lipinski definition) is 2. The SMILES string of the molecule is CC(C(=O)NN(C)C(=S)C1CC1)C(=O)NN(C)C(=S)C1CC1. The highest BCUT2D eigenvalue weighted by molar-refractivity contribution is 7.80. The zero-order valence-corrected chi connectivity index (χ0v) is 14.7. The summed E-state index contributed by atoms with van der Waals surface area (Å²) in [6.07, 6.45) is 4.27. The second kappa shape index (κ2) is 6.87. The second-order valence-corrected chi connectivity index (χ2v) is 6.85. The van der Waals surface area contributed by atoms with E-state index in [0.29, 0.717) is 21.8 Å². The maximum absolute atomic E-state index is 12.1. The molecule has 0 aromatic rings. The van der Waals surface area contributed by atoms with Crippen molar-refractivity contribution in [3.8, 4) is 0 Å². The van der Waals surface area contributed by atoms with E-state index in [1.807, 2.05) is 0 Å². The number of carbonyl (C=O) groups is 2. The number of rotatable bonds is 4. The van der Waals surface area contributed by atoms with Crippen molar-refractivity contribution in [1.29, 1.82) is 0 Å². The Labute approximate surface area is 141 Å². The fraction of sp³-hybridized carbons (Fsp3) is 0.714. The number of carbonyl (C=O) groups excluding carboxylic acids is 2. The van der Waals surface area contributed by atoms with Gasteiger partial charge in [0, 0.05) is 25.9 Å². The van der Waals surface area contributed by atoms with Gasteiger partial charge in [-0.05, 0) is 32.6 Å². The molecular weight excluding hydrogens is 320 g/mol. The summed E-state index contributed by atoms with van der Waals surface area (Å²) in [6.45, 7) is 1.56. The molecule has 0 spiro atoms. The molecule has 0 atom stereocenters. The summed E-state index contributed by atoms with van der Waals surface area (Å²) < 4.78 is 0. The molecule has 0 bridgehead atoms. The van der Waals surface area contributed by atoms with Gasteiger partial charge < -0.3 is 0 Å². The average Bonchev–Trinajstić information content (AvgIpc) is 3.36. The zero-order valence-electron chi connectivity index (χ0n) is 13.1. The number of hydrogen-bond acceptors (Lipinski definition) is 4. The Hall–Kier alpha value is -1.28.